The summed E-state index contributed by atoms with van der Waals surface area (Å²) in [4.78, 5) is 185. The Kier molecular flexibility index (Phi) is 20.5. The topological polar surface area (TPSA) is 363 Å². The molecular formula is C59H74N14O14. The average Bonchev–Trinajstić information content (AvgIpc) is 4.24. The molecule has 2 aromatic heterocycles. The first-order valence-electron chi connectivity index (χ1n) is 29.1. The zero-order chi connectivity index (χ0) is 62.8. The summed E-state index contributed by atoms with van der Waals surface area (Å²) in [6, 6.07) is 8.17. The van der Waals surface area contributed by atoms with E-state index < -0.39 is 175 Å². The van der Waals surface area contributed by atoms with Crippen molar-refractivity contribution in [2.45, 2.75) is 101 Å². The summed E-state index contributed by atoms with van der Waals surface area (Å²) in [7, 11) is 3.98. The first-order chi connectivity index (χ1) is 41.5. The number of nitrogens with zero attached hydrogens (tertiary/aromatic N) is 8. The minimum Gasteiger partial charge on any atom is -0.505 e. The van der Waals surface area contributed by atoms with Gasteiger partial charge < -0.3 is 71.5 Å². The van der Waals surface area contributed by atoms with Gasteiger partial charge in [-0.3, -0.25) is 57.5 Å². The summed E-state index contributed by atoms with van der Waals surface area (Å²) in [6.45, 7) is -0.0178. The standard InChI is InChI=1S/C59H74N14O14/c1-33(2)51-57(85)61-28-39(67-56(84)50-44(75)26-35-16-7-9-18-37(35)65-50)59(87)73-23-13-11-20-42(73)54(82)63-30-46(77)69(4)32-48(79)71-24-14-21-40(71)52(80)60-27-38(66-55(83)49-43(74)25-34-15-6-8-17-36(34)64-49)58(86)72-22-12-10-19-41(72)53(81)62-29-45(76)68(3)31-47(78)70(51)5/h6-9,15-18,25-26,33,38-42,51,74-75H,10-14,19-24,27-32H2,1-5H3,(H,60,80)(H,61,85)(H,62,81)(H,63,82)(H,66,83)(H,67,84)/t38-,39-,40+,41+,42+,51+/m1/s1. The Labute approximate surface area is 501 Å². The Balaban J connectivity index is 1.06. The first kappa shape index (κ1) is 63.5. The van der Waals surface area contributed by atoms with E-state index in [0.29, 0.717) is 53.9 Å². The van der Waals surface area contributed by atoms with Gasteiger partial charge in [-0.2, -0.15) is 0 Å². The minimum atomic E-state index is -1.60. The third-order valence-corrected chi connectivity index (χ3v) is 16.2. The van der Waals surface area contributed by atoms with Crippen LogP contribution in [-0.2, 0) is 47.9 Å². The average molecular weight is 1200 g/mol. The zero-order valence-electron chi connectivity index (χ0n) is 49.2. The molecule has 2 aromatic carbocycles. The molecule has 0 spiro atoms. The molecule has 4 aliphatic rings. The molecule has 0 bridgehead atoms. The van der Waals surface area contributed by atoms with Gasteiger partial charge in [0, 0.05) is 64.6 Å². The third kappa shape index (κ3) is 15.0. The molecule has 87 heavy (non-hydrogen) atoms. The van der Waals surface area contributed by atoms with Gasteiger partial charge in [-0.25, -0.2) is 9.97 Å². The maximum absolute atomic E-state index is 14.8. The molecule has 4 saturated heterocycles. The molecule has 0 radical (unpaired) electrons. The molecule has 464 valence electrons. The van der Waals surface area contributed by atoms with E-state index in [0.717, 1.165) is 14.7 Å². The van der Waals surface area contributed by atoms with Crippen molar-refractivity contribution < 1.29 is 67.7 Å². The SMILES string of the molecule is CC(C)[C@H]1C(=O)NC[C@@H](NC(=O)c2nc3ccccc3cc2O)C(=O)N2CCCC[C@H]2C(=O)NCC(=O)N(C)CC(=O)N2CCC[C@H]2C(=O)NC[C@@H](NC(=O)c2nc3ccccc3cc2O)C(=O)N2CCCC[C@H]2C(=O)NCC(=O)N(C)CC(=O)N1C. The maximum atomic E-state index is 14.8. The second kappa shape index (κ2) is 28.1. The van der Waals surface area contributed by atoms with Crippen LogP contribution in [0.25, 0.3) is 21.8 Å². The molecule has 6 atom stereocenters. The number of carbonyl (C=O) groups is 12. The second-order valence-corrected chi connectivity index (χ2v) is 22.6. The number of piperidine rings is 2. The molecule has 6 heterocycles. The number of benzene rings is 2. The van der Waals surface area contributed by atoms with Crippen molar-refractivity contribution >= 4 is 92.7 Å². The Morgan fingerprint density at radius 1 is 0.517 bits per heavy atom. The van der Waals surface area contributed by atoms with Crippen LogP contribution in [0.3, 0.4) is 0 Å². The van der Waals surface area contributed by atoms with Crippen LogP contribution in [0, 0.1) is 5.92 Å². The van der Waals surface area contributed by atoms with Crippen molar-refractivity contribution in [3.8, 4) is 11.5 Å². The van der Waals surface area contributed by atoms with Crippen LogP contribution in [0.4, 0.5) is 0 Å². The lowest BCUT2D eigenvalue weighted by atomic mass is 9.99. The number of hydrogen-bond donors (Lipinski definition) is 8. The number of amides is 12. The predicted molar refractivity (Wildman–Crippen MR) is 311 cm³/mol. The number of aromatic hydroxyl groups is 2. The monoisotopic (exact) mass is 1200 g/mol. The fourth-order valence-corrected chi connectivity index (χ4v) is 11.4. The van der Waals surface area contributed by atoms with Crippen LogP contribution < -0.4 is 31.9 Å². The number of nitrogens with one attached hydrogen (secondary N) is 6. The second-order valence-electron chi connectivity index (χ2n) is 22.6. The van der Waals surface area contributed by atoms with Crippen molar-refractivity contribution in [2.75, 3.05) is 80.0 Å². The fraction of sp³-hybridized carbons (Fsp3) is 0.492. The molecule has 28 nitrogen and oxygen atoms in total. The number of carbonyl (C=O) groups excluding carboxylic acids is 12. The summed E-state index contributed by atoms with van der Waals surface area (Å²) in [5, 5.41) is 38.6. The largest absolute Gasteiger partial charge is 0.505 e. The van der Waals surface area contributed by atoms with Crippen LogP contribution >= 0.6 is 0 Å². The van der Waals surface area contributed by atoms with Crippen LogP contribution in [0.5, 0.6) is 11.5 Å². The Morgan fingerprint density at radius 3 is 1.39 bits per heavy atom. The van der Waals surface area contributed by atoms with E-state index in [9.17, 15) is 67.7 Å². The first-order valence-corrected chi connectivity index (χ1v) is 29.1. The van der Waals surface area contributed by atoms with Gasteiger partial charge in [0.25, 0.3) is 11.8 Å². The normalized spacial score (nSPS) is 23.7. The lowest BCUT2D eigenvalue weighted by molar-refractivity contribution is -0.146. The van der Waals surface area contributed by atoms with Crippen molar-refractivity contribution in [3.63, 3.8) is 0 Å². The number of pyridine rings is 2. The van der Waals surface area contributed by atoms with E-state index in [2.05, 4.69) is 41.9 Å². The predicted octanol–water partition coefficient (Wildman–Crippen LogP) is -1.28. The van der Waals surface area contributed by atoms with Crippen LogP contribution in [-0.4, -0.2) is 237 Å². The Hall–Kier alpha value is -9.50. The number of hydrogen-bond acceptors (Lipinski definition) is 16. The van der Waals surface area contributed by atoms with Crippen molar-refractivity contribution in [2.24, 2.45) is 5.92 Å². The van der Waals surface area contributed by atoms with Crippen LogP contribution in [0.2, 0.25) is 0 Å². The van der Waals surface area contributed by atoms with Gasteiger partial charge in [-0.1, -0.05) is 50.2 Å². The molecule has 0 aliphatic carbocycles. The van der Waals surface area contributed by atoms with Gasteiger partial charge in [0.05, 0.1) is 37.2 Å². The molecule has 0 saturated carbocycles. The fourth-order valence-electron chi connectivity index (χ4n) is 11.4. The van der Waals surface area contributed by atoms with Crippen molar-refractivity contribution in [3.05, 3.63) is 72.1 Å². The lowest BCUT2D eigenvalue weighted by Crippen LogP contribution is -2.61. The molecule has 4 fully saturated rings. The number of aromatic nitrogens is 2. The molecule has 4 aliphatic heterocycles. The van der Waals surface area contributed by atoms with Gasteiger partial charge in [0.15, 0.2) is 11.4 Å². The molecule has 12 amide bonds. The van der Waals surface area contributed by atoms with Crippen LogP contribution in [0.15, 0.2) is 60.7 Å². The van der Waals surface area contributed by atoms with Crippen LogP contribution in [0.1, 0.15) is 86.2 Å². The smallest absolute Gasteiger partial charge is 0.274 e. The molecule has 8 rings (SSSR count). The van der Waals surface area contributed by atoms with Gasteiger partial charge in [-0.05, 0) is 81.5 Å². The van der Waals surface area contributed by atoms with E-state index in [1.165, 1.54) is 48.0 Å². The van der Waals surface area contributed by atoms with E-state index in [1.807, 2.05) is 0 Å². The molecule has 8 N–H and O–H groups in total. The third-order valence-electron chi connectivity index (χ3n) is 16.2. The number of fused-ring (bicyclic) bond motifs is 5. The summed E-state index contributed by atoms with van der Waals surface area (Å²) in [5.41, 5.74) is -0.158. The van der Waals surface area contributed by atoms with E-state index in [4.69, 9.17) is 0 Å². The van der Waals surface area contributed by atoms with Gasteiger partial charge in [-0.15, -0.1) is 0 Å². The summed E-state index contributed by atoms with van der Waals surface area (Å²) in [6.07, 6.45) is 2.69. The highest BCUT2D eigenvalue weighted by atomic mass is 16.3. The van der Waals surface area contributed by atoms with E-state index >= 15 is 0 Å². The summed E-state index contributed by atoms with van der Waals surface area (Å²) < 4.78 is 0. The highest BCUT2D eigenvalue weighted by molar-refractivity contribution is 6.03. The molecule has 28 heteroatoms. The summed E-state index contributed by atoms with van der Waals surface area (Å²) in [5.74, 6) is -10.9. The quantitative estimate of drug-likeness (QED) is 0.115. The lowest BCUT2D eigenvalue weighted by Gasteiger charge is -2.37. The highest BCUT2D eigenvalue weighted by Gasteiger charge is 2.42. The van der Waals surface area contributed by atoms with E-state index in [1.54, 1.807) is 62.4 Å². The molecule has 0 unspecified atom stereocenters. The Morgan fingerprint density at radius 2 is 0.920 bits per heavy atom. The Bertz CT molecular complexity index is 3360. The highest BCUT2D eigenvalue weighted by Crippen LogP contribution is 2.26. The molecular weight excluding hydrogens is 1130 g/mol. The number of rotatable bonds is 5. The molecule has 4 aromatic rings. The minimum absolute atomic E-state index is 0.0173. The summed E-state index contributed by atoms with van der Waals surface area (Å²) >= 11 is 0. The van der Waals surface area contributed by atoms with Gasteiger partial charge in [0.2, 0.25) is 59.1 Å². The van der Waals surface area contributed by atoms with Crippen molar-refractivity contribution in [1.29, 1.82) is 0 Å². The number of likely N-dealkylation sites (N-methyl/N-ethyl adjacent to an activating group) is 3. The van der Waals surface area contributed by atoms with Gasteiger partial charge in [0.1, 0.15) is 47.8 Å². The zero-order valence-corrected chi connectivity index (χ0v) is 49.2. The maximum Gasteiger partial charge on any atom is 0.274 e. The number of para-hydroxylation sites is 2. The van der Waals surface area contributed by atoms with Crippen molar-refractivity contribution in [1.82, 2.24) is 71.3 Å². The van der Waals surface area contributed by atoms with E-state index in [-0.39, 0.29) is 38.9 Å². The van der Waals surface area contributed by atoms with Gasteiger partial charge >= 0.3 is 0 Å².